The maximum absolute atomic E-state index is 14.1. The van der Waals surface area contributed by atoms with E-state index in [4.69, 9.17) is 18.4 Å². The van der Waals surface area contributed by atoms with Crippen LogP contribution in [0.25, 0.3) is 0 Å². The second kappa shape index (κ2) is 8.66. The van der Waals surface area contributed by atoms with Crippen LogP contribution < -0.4 is 9.64 Å². The number of halogens is 1. The lowest BCUT2D eigenvalue weighted by Gasteiger charge is -2.46. The fraction of sp³-hybridized carbons (Fsp3) is 0.542. The number of hydrogen-bond donors (Lipinski definition) is 0. The van der Waals surface area contributed by atoms with E-state index in [1.54, 1.807) is 12.1 Å². The van der Waals surface area contributed by atoms with Gasteiger partial charge in [-0.2, -0.15) is 0 Å². The molecule has 5 heterocycles. The summed E-state index contributed by atoms with van der Waals surface area (Å²) in [5.74, 6) is 1.40. The predicted molar refractivity (Wildman–Crippen MR) is 119 cm³/mol. The van der Waals surface area contributed by atoms with Gasteiger partial charge in [-0.3, -0.25) is 4.90 Å². The topological polar surface area (TPSA) is 89.9 Å². The summed E-state index contributed by atoms with van der Waals surface area (Å²) in [6.45, 7) is 6.39. The second-order valence-electron chi connectivity index (χ2n) is 9.65. The molecule has 1 atom stereocenters. The first-order valence-electron chi connectivity index (χ1n) is 11.8. The summed E-state index contributed by atoms with van der Waals surface area (Å²) < 4.78 is 36.9. The molecule has 3 aliphatic heterocycles. The zero-order valence-electron chi connectivity index (χ0n) is 19.2. The van der Waals surface area contributed by atoms with Crippen molar-refractivity contribution in [2.24, 2.45) is 0 Å². The third-order valence-corrected chi connectivity index (χ3v) is 7.27. The second-order valence-corrected chi connectivity index (χ2v) is 9.65. The first-order valence-corrected chi connectivity index (χ1v) is 11.8. The van der Waals surface area contributed by atoms with Crippen LogP contribution in [0.1, 0.15) is 42.2 Å². The van der Waals surface area contributed by atoms with Gasteiger partial charge in [-0.15, -0.1) is 5.10 Å². The van der Waals surface area contributed by atoms with Crippen LogP contribution in [-0.2, 0) is 11.3 Å². The van der Waals surface area contributed by atoms with Gasteiger partial charge in [-0.05, 0) is 63.4 Å². The van der Waals surface area contributed by atoms with Crippen LogP contribution in [0.3, 0.4) is 0 Å². The molecule has 2 aromatic heterocycles. The van der Waals surface area contributed by atoms with Crippen molar-refractivity contribution in [3.05, 3.63) is 53.5 Å². The molecule has 0 aliphatic carbocycles. The minimum absolute atomic E-state index is 0.112. The molecule has 9 nitrogen and oxygen atoms in total. The smallest absolute Gasteiger partial charge is 0.318 e. The highest BCUT2D eigenvalue weighted by atomic mass is 19.1. The zero-order chi connectivity index (χ0) is 23.1. The molecule has 3 aliphatic rings. The summed E-state index contributed by atoms with van der Waals surface area (Å²) in [7, 11) is 0. The minimum atomic E-state index is -0.234. The molecule has 0 radical (unpaired) electrons. The molecular formula is C24H28FN5O4. The fourth-order valence-corrected chi connectivity index (χ4v) is 5.54. The summed E-state index contributed by atoms with van der Waals surface area (Å²) in [5.41, 5.74) is 1.63. The van der Waals surface area contributed by atoms with Crippen LogP contribution >= 0.6 is 0 Å². The van der Waals surface area contributed by atoms with Gasteiger partial charge in [0.05, 0.1) is 25.4 Å². The van der Waals surface area contributed by atoms with E-state index in [0.717, 1.165) is 63.3 Å². The van der Waals surface area contributed by atoms with Gasteiger partial charge >= 0.3 is 6.01 Å². The maximum atomic E-state index is 14.1. The van der Waals surface area contributed by atoms with Crippen LogP contribution in [-0.4, -0.2) is 64.7 Å². The van der Waals surface area contributed by atoms with Gasteiger partial charge in [0.25, 0.3) is 0 Å². The summed E-state index contributed by atoms with van der Waals surface area (Å²) in [4.78, 5) is 4.59. The Hall–Kier alpha value is -2.98. The standard InChI is InChI=1S/C24H28FN5O4/c1-16-8-20(34-28-16)12-31-22-3-2-18(25)9-21(22)17-4-6-29(7-5-17)19-10-24(33-11-19)13-30(14-24)23-27-26-15-32-23/h2-3,8-9,15,17,19H,4-7,10-14H2,1H3/t19-/m0/s1. The van der Waals surface area contributed by atoms with Crippen molar-refractivity contribution in [2.45, 2.75) is 50.4 Å². The van der Waals surface area contributed by atoms with Crippen molar-refractivity contribution >= 4 is 6.01 Å². The van der Waals surface area contributed by atoms with E-state index >= 15 is 0 Å². The average Bonchev–Trinajstić information content (AvgIpc) is 3.58. The summed E-state index contributed by atoms with van der Waals surface area (Å²) in [5, 5.41) is 11.6. The van der Waals surface area contributed by atoms with Gasteiger partial charge in [0.15, 0.2) is 5.76 Å². The third kappa shape index (κ3) is 4.16. The van der Waals surface area contributed by atoms with Crippen molar-refractivity contribution in [1.29, 1.82) is 0 Å². The Bertz CT molecular complexity index is 1120. The van der Waals surface area contributed by atoms with Gasteiger partial charge in [0.2, 0.25) is 6.39 Å². The van der Waals surface area contributed by atoms with Crippen molar-refractivity contribution in [2.75, 3.05) is 37.7 Å². The number of likely N-dealkylation sites (tertiary alicyclic amines) is 1. The van der Waals surface area contributed by atoms with Gasteiger partial charge in [-0.1, -0.05) is 10.3 Å². The van der Waals surface area contributed by atoms with E-state index in [-0.39, 0.29) is 23.9 Å². The van der Waals surface area contributed by atoms with Crippen molar-refractivity contribution in [3.8, 4) is 5.75 Å². The van der Waals surface area contributed by atoms with Crippen LogP contribution in [0.15, 0.2) is 39.6 Å². The number of hydrogen-bond acceptors (Lipinski definition) is 9. The van der Waals surface area contributed by atoms with Crippen molar-refractivity contribution < 1.29 is 22.8 Å². The van der Waals surface area contributed by atoms with E-state index in [0.29, 0.717) is 23.6 Å². The SMILES string of the molecule is Cc1cc(COc2ccc(F)cc2C2CCN([C@@H]3COC4(C3)CN(c3nnco3)C4)CC2)on1. The summed E-state index contributed by atoms with van der Waals surface area (Å²) in [6.07, 6.45) is 4.28. The molecule has 0 amide bonds. The Morgan fingerprint density at radius 1 is 1.21 bits per heavy atom. The zero-order valence-corrected chi connectivity index (χ0v) is 19.2. The first kappa shape index (κ1) is 21.5. The summed E-state index contributed by atoms with van der Waals surface area (Å²) >= 11 is 0. The van der Waals surface area contributed by atoms with Gasteiger partial charge in [0.1, 0.15) is 23.8 Å². The number of piperidine rings is 1. The lowest BCUT2D eigenvalue weighted by Crippen LogP contribution is -2.62. The number of rotatable bonds is 6. The Labute approximate surface area is 196 Å². The molecule has 3 fully saturated rings. The van der Waals surface area contributed by atoms with E-state index < -0.39 is 0 Å². The number of benzene rings is 1. The number of aryl methyl sites for hydroxylation is 1. The summed E-state index contributed by atoms with van der Waals surface area (Å²) in [6, 6.07) is 7.61. The van der Waals surface area contributed by atoms with E-state index in [1.807, 2.05) is 13.0 Å². The molecule has 1 aromatic carbocycles. The Morgan fingerprint density at radius 2 is 2.06 bits per heavy atom. The highest BCUT2D eigenvalue weighted by molar-refractivity contribution is 5.38. The predicted octanol–water partition coefficient (Wildman–Crippen LogP) is 3.31. The van der Waals surface area contributed by atoms with E-state index in [2.05, 4.69) is 25.2 Å². The maximum Gasteiger partial charge on any atom is 0.318 e. The number of aromatic nitrogens is 3. The monoisotopic (exact) mass is 469 g/mol. The molecule has 3 saturated heterocycles. The molecular weight excluding hydrogens is 441 g/mol. The highest BCUT2D eigenvalue weighted by Crippen LogP contribution is 2.41. The average molecular weight is 470 g/mol. The number of anilines is 1. The molecule has 10 heteroatoms. The Morgan fingerprint density at radius 3 is 2.79 bits per heavy atom. The lowest BCUT2D eigenvalue weighted by atomic mass is 9.86. The molecule has 3 aromatic rings. The first-order chi connectivity index (χ1) is 16.6. The number of nitrogens with zero attached hydrogens (tertiary/aromatic N) is 5. The molecule has 6 rings (SSSR count). The fourth-order valence-electron chi connectivity index (χ4n) is 5.54. The van der Waals surface area contributed by atoms with E-state index in [1.165, 1.54) is 12.5 Å². The molecule has 180 valence electrons. The van der Waals surface area contributed by atoms with Crippen molar-refractivity contribution in [3.63, 3.8) is 0 Å². The normalized spacial score (nSPS) is 22.9. The number of ether oxygens (including phenoxy) is 2. The molecule has 0 N–H and O–H groups in total. The van der Waals surface area contributed by atoms with Gasteiger partial charge < -0.3 is 23.3 Å². The molecule has 34 heavy (non-hydrogen) atoms. The quantitative estimate of drug-likeness (QED) is 0.539. The third-order valence-electron chi connectivity index (χ3n) is 7.27. The Kier molecular flexibility index (Phi) is 5.49. The van der Waals surface area contributed by atoms with Gasteiger partial charge in [-0.25, -0.2) is 4.39 Å². The van der Waals surface area contributed by atoms with Crippen LogP contribution in [0, 0.1) is 12.7 Å². The van der Waals surface area contributed by atoms with Gasteiger partial charge in [0, 0.05) is 17.7 Å². The minimum Gasteiger partial charge on any atom is -0.485 e. The molecule has 0 saturated carbocycles. The van der Waals surface area contributed by atoms with Crippen LogP contribution in [0.5, 0.6) is 5.75 Å². The van der Waals surface area contributed by atoms with Crippen molar-refractivity contribution in [1.82, 2.24) is 20.3 Å². The van der Waals surface area contributed by atoms with Crippen LogP contribution in [0.2, 0.25) is 0 Å². The Balaban J connectivity index is 1.05. The highest BCUT2D eigenvalue weighted by Gasteiger charge is 2.52. The molecule has 0 unspecified atom stereocenters. The van der Waals surface area contributed by atoms with Crippen LogP contribution in [0.4, 0.5) is 10.4 Å². The van der Waals surface area contributed by atoms with E-state index in [9.17, 15) is 4.39 Å². The lowest BCUT2D eigenvalue weighted by molar-refractivity contribution is -0.0216. The molecule has 1 spiro atoms. The molecule has 0 bridgehead atoms. The largest absolute Gasteiger partial charge is 0.485 e.